The van der Waals surface area contributed by atoms with E-state index in [0.717, 1.165) is 4.90 Å². The molecule has 2 amide bonds. The van der Waals surface area contributed by atoms with Gasteiger partial charge in [0.25, 0.3) is 17.5 Å². The first kappa shape index (κ1) is 23.1. The van der Waals surface area contributed by atoms with Gasteiger partial charge >= 0.3 is 5.97 Å². The van der Waals surface area contributed by atoms with E-state index >= 15 is 0 Å². The fourth-order valence-electron chi connectivity index (χ4n) is 3.27. The summed E-state index contributed by atoms with van der Waals surface area (Å²) in [7, 11) is 0. The van der Waals surface area contributed by atoms with E-state index < -0.39 is 22.7 Å². The molecule has 1 aliphatic heterocycles. The summed E-state index contributed by atoms with van der Waals surface area (Å²) in [6, 6.07) is 10.9. The lowest BCUT2D eigenvalue weighted by molar-refractivity contribution is -0.384. The molecule has 0 N–H and O–H groups in total. The molecule has 1 aromatic carbocycles. The van der Waals surface area contributed by atoms with E-state index in [2.05, 4.69) is 0 Å². The number of hydrogen-bond donors (Lipinski definition) is 0. The van der Waals surface area contributed by atoms with E-state index in [1.54, 1.807) is 18.2 Å². The minimum absolute atomic E-state index is 0.0286. The molecule has 0 fully saturated rings. The van der Waals surface area contributed by atoms with Crippen molar-refractivity contribution in [2.75, 3.05) is 13.2 Å². The molecule has 3 rings (SSSR count). The van der Waals surface area contributed by atoms with Crippen LogP contribution in [0.3, 0.4) is 0 Å². The van der Waals surface area contributed by atoms with Gasteiger partial charge in [-0.15, -0.1) is 0 Å². The number of ether oxygens (including phenoxy) is 1. The summed E-state index contributed by atoms with van der Waals surface area (Å²) in [6.45, 7) is 2.75. The number of furan rings is 1. The standard InChI is InChI=1S/C23H19N3O7/c1-14-19(22(28)25(23(29)20(14)13-24)9-4-10-32-15(2)27)12-18-7-8-21(33-18)16-5-3-6-17(11-16)26(30)31/h3,5-8,11-12H,4,9-10H2,1-2H3/b19-12+. The smallest absolute Gasteiger partial charge is 0.302 e. The number of hydrogen-bond acceptors (Lipinski definition) is 8. The molecular formula is C23H19N3O7. The molecule has 2 aromatic rings. The average molecular weight is 449 g/mol. The molecule has 0 radical (unpaired) electrons. The fraction of sp³-hybridized carbons (Fsp3) is 0.217. The highest BCUT2D eigenvalue weighted by Crippen LogP contribution is 2.30. The topological polar surface area (TPSA) is 144 Å². The average Bonchev–Trinajstić information content (AvgIpc) is 3.25. The van der Waals surface area contributed by atoms with E-state index in [0.29, 0.717) is 11.3 Å². The molecule has 0 saturated heterocycles. The molecule has 33 heavy (non-hydrogen) atoms. The van der Waals surface area contributed by atoms with Gasteiger partial charge in [0.1, 0.15) is 23.2 Å². The number of nitriles is 1. The third-order valence-electron chi connectivity index (χ3n) is 4.91. The zero-order valence-corrected chi connectivity index (χ0v) is 17.9. The SMILES string of the molecule is CC(=O)OCCCN1C(=O)C(C#N)=C(C)/C(=C\c2ccc(-c3cccc([N+](=O)[O-])c3)o2)C1=O. The Balaban J connectivity index is 1.91. The van der Waals surface area contributed by atoms with Crippen molar-refractivity contribution in [3.8, 4) is 17.4 Å². The van der Waals surface area contributed by atoms with Crippen molar-refractivity contribution in [2.45, 2.75) is 20.3 Å². The number of rotatable bonds is 7. The maximum atomic E-state index is 13.0. The van der Waals surface area contributed by atoms with Gasteiger partial charge in [0.05, 0.1) is 11.5 Å². The van der Waals surface area contributed by atoms with Crippen LogP contribution in [-0.4, -0.2) is 40.8 Å². The summed E-state index contributed by atoms with van der Waals surface area (Å²) in [4.78, 5) is 47.9. The maximum absolute atomic E-state index is 13.0. The van der Waals surface area contributed by atoms with Crippen LogP contribution >= 0.6 is 0 Å². The largest absolute Gasteiger partial charge is 0.466 e. The van der Waals surface area contributed by atoms with Crippen LogP contribution in [0.25, 0.3) is 17.4 Å². The number of nitro benzene ring substituents is 1. The van der Waals surface area contributed by atoms with Crippen molar-refractivity contribution in [1.82, 2.24) is 4.90 Å². The van der Waals surface area contributed by atoms with Crippen molar-refractivity contribution < 1.29 is 28.5 Å². The lowest BCUT2D eigenvalue weighted by Gasteiger charge is -2.27. The minimum Gasteiger partial charge on any atom is -0.466 e. The van der Waals surface area contributed by atoms with E-state index in [-0.39, 0.29) is 47.7 Å². The quantitative estimate of drug-likeness (QED) is 0.156. The van der Waals surface area contributed by atoms with Crippen molar-refractivity contribution in [2.24, 2.45) is 0 Å². The van der Waals surface area contributed by atoms with Gasteiger partial charge in [-0.05, 0) is 37.1 Å². The van der Waals surface area contributed by atoms with Crippen LogP contribution in [0.15, 0.2) is 57.5 Å². The van der Waals surface area contributed by atoms with Crippen molar-refractivity contribution in [3.63, 3.8) is 0 Å². The number of imide groups is 1. The number of benzene rings is 1. The third kappa shape index (κ3) is 5.04. The molecule has 0 aliphatic carbocycles. The van der Waals surface area contributed by atoms with Gasteiger partial charge in [-0.1, -0.05) is 12.1 Å². The number of carbonyl (C=O) groups excluding carboxylic acids is 3. The Bertz CT molecular complexity index is 1250. The molecule has 10 nitrogen and oxygen atoms in total. The first-order chi connectivity index (χ1) is 15.7. The summed E-state index contributed by atoms with van der Waals surface area (Å²) in [5.74, 6) is -1.17. The third-order valence-corrected chi connectivity index (χ3v) is 4.91. The predicted octanol–water partition coefficient (Wildman–Crippen LogP) is 3.40. The van der Waals surface area contributed by atoms with Crippen LogP contribution in [0, 0.1) is 21.4 Å². The number of carbonyl (C=O) groups is 3. The van der Waals surface area contributed by atoms with Crippen molar-refractivity contribution >= 4 is 29.5 Å². The van der Waals surface area contributed by atoms with Gasteiger partial charge < -0.3 is 9.15 Å². The minimum atomic E-state index is -0.711. The first-order valence-corrected chi connectivity index (χ1v) is 9.90. The number of esters is 1. The fourth-order valence-corrected chi connectivity index (χ4v) is 3.27. The highest BCUT2D eigenvalue weighted by molar-refractivity contribution is 6.19. The van der Waals surface area contributed by atoms with Gasteiger partial charge in [-0.2, -0.15) is 5.26 Å². The Morgan fingerprint density at radius 3 is 2.70 bits per heavy atom. The molecule has 0 bridgehead atoms. The summed E-state index contributed by atoms with van der Waals surface area (Å²) in [6.07, 6.45) is 1.64. The van der Waals surface area contributed by atoms with Crippen LogP contribution in [0.2, 0.25) is 0 Å². The van der Waals surface area contributed by atoms with Crippen LogP contribution in [0.5, 0.6) is 0 Å². The highest BCUT2D eigenvalue weighted by Gasteiger charge is 2.35. The highest BCUT2D eigenvalue weighted by atomic mass is 16.6. The number of non-ortho nitro benzene ring substituents is 1. The van der Waals surface area contributed by atoms with Gasteiger partial charge in [-0.25, -0.2) is 0 Å². The van der Waals surface area contributed by atoms with Crippen LogP contribution in [-0.2, 0) is 19.1 Å². The maximum Gasteiger partial charge on any atom is 0.302 e. The Labute approximate surface area is 188 Å². The Kier molecular flexibility index (Phi) is 6.83. The molecule has 10 heteroatoms. The second kappa shape index (κ2) is 9.74. The van der Waals surface area contributed by atoms with E-state index in [1.165, 1.54) is 38.1 Å². The molecular weight excluding hydrogens is 430 g/mol. The molecule has 1 aliphatic rings. The zero-order chi connectivity index (χ0) is 24.1. The lowest BCUT2D eigenvalue weighted by Crippen LogP contribution is -2.43. The normalized spacial score (nSPS) is 15.1. The van der Waals surface area contributed by atoms with Gasteiger partial charge in [0.2, 0.25) is 0 Å². The zero-order valence-electron chi connectivity index (χ0n) is 17.9. The number of nitrogens with zero attached hydrogens (tertiary/aromatic N) is 3. The second-order valence-corrected chi connectivity index (χ2v) is 7.13. The summed E-state index contributed by atoms with van der Waals surface area (Å²) in [5.41, 5.74) is 0.553. The molecule has 168 valence electrons. The molecule has 0 unspecified atom stereocenters. The van der Waals surface area contributed by atoms with Gasteiger partial charge in [0, 0.05) is 36.7 Å². The lowest BCUT2D eigenvalue weighted by atomic mass is 9.94. The molecule has 0 spiro atoms. The summed E-state index contributed by atoms with van der Waals surface area (Å²) < 4.78 is 10.6. The Hall–Kier alpha value is -4.52. The van der Waals surface area contributed by atoms with E-state index in [4.69, 9.17) is 9.15 Å². The van der Waals surface area contributed by atoms with Gasteiger partial charge in [-0.3, -0.25) is 29.4 Å². The number of amides is 2. The Morgan fingerprint density at radius 1 is 1.27 bits per heavy atom. The van der Waals surface area contributed by atoms with Crippen LogP contribution in [0.4, 0.5) is 5.69 Å². The second-order valence-electron chi connectivity index (χ2n) is 7.13. The monoisotopic (exact) mass is 449 g/mol. The molecule has 0 saturated carbocycles. The Morgan fingerprint density at radius 2 is 2.03 bits per heavy atom. The van der Waals surface area contributed by atoms with E-state index in [9.17, 15) is 29.8 Å². The molecule has 1 aromatic heterocycles. The summed E-state index contributed by atoms with van der Waals surface area (Å²) in [5, 5.41) is 20.5. The van der Waals surface area contributed by atoms with Gasteiger partial charge in [0.15, 0.2) is 0 Å². The van der Waals surface area contributed by atoms with Crippen molar-refractivity contribution in [3.05, 3.63) is 69.0 Å². The van der Waals surface area contributed by atoms with Crippen molar-refractivity contribution in [1.29, 1.82) is 5.26 Å². The summed E-state index contributed by atoms with van der Waals surface area (Å²) >= 11 is 0. The van der Waals surface area contributed by atoms with E-state index in [1.807, 2.05) is 6.07 Å². The van der Waals surface area contributed by atoms with Crippen LogP contribution < -0.4 is 0 Å². The predicted molar refractivity (Wildman–Crippen MR) is 115 cm³/mol. The number of nitro groups is 1. The molecule has 0 atom stereocenters. The van der Waals surface area contributed by atoms with Crippen LogP contribution in [0.1, 0.15) is 26.0 Å². The molecule has 2 heterocycles. The first-order valence-electron chi connectivity index (χ1n) is 9.90.